The van der Waals surface area contributed by atoms with Gasteiger partial charge in [-0.05, 0) is 69.1 Å². The molecule has 0 aliphatic carbocycles. The molecule has 0 spiro atoms. The third kappa shape index (κ3) is 3.49. The van der Waals surface area contributed by atoms with Gasteiger partial charge in [-0.2, -0.15) is 0 Å². The number of para-hydroxylation sites is 2. The maximum Gasteiger partial charge on any atom is 0.119 e. The standard InChI is InChI=1S/C35H32N2O/c1-35(2,3)25-16-13-22(14-17-25)32-20-23-15-18-26(38-4)21-28(23)34-33-29(27-10-6-7-11-30(27)36-33)19-24-9-5-8-12-31(24)37(32)34/h5-18,20-21,34,36H,19H2,1-4H3. The highest BCUT2D eigenvalue weighted by Crippen LogP contribution is 2.50. The van der Waals surface area contributed by atoms with Gasteiger partial charge in [0.2, 0.25) is 0 Å². The first-order valence-electron chi connectivity index (χ1n) is 13.4. The Morgan fingerprint density at radius 3 is 2.42 bits per heavy atom. The summed E-state index contributed by atoms with van der Waals surface area (Å²) in [6.07, 6.45) is 3.24. The second-order valence-corrected chi connectivity index (χ2v) is 11.5. The smallest absolute Gasteiger partial charge is 0.119 e. The zero-order chi connectivity index (χ0) is 26.0. The fraction of sp³-hybridized carbons (Fsp3) is 0.200. The van der Waals surface area contributed by atoms with Gasteiger partial charge in [0.25, 0.3) is 0 Å². The van der Waals surface area contributed by atoms with Crippen LogP contribution in [0.25, 0.3) is 22.7 Å². The quantitative estimate of drug-likeness (QED) is 0.265. The molecular formula is C35H32N2O. The normalized spacial score (nSPS) is 16.2. The number of nitrogens with zero attached hydrogens (tertiary/aromatic N) is 1. The topological polar surface area (TPSA) is 28.3 Å². The number of benzene rings is 4. The lowest BCUT2D eigenvalue weighted by Gasteiger charge is -2.39. The molecule has 38 heavy (non-hydrogen) atoms. The van der Waals surface area contributed by atoms with E-state index in [1.807, 2.05) is 0 Å². The second-order valence-electron chi connectivity index (χ2n) is 11.5. The number of H-pyrrole nitrogens is 1. The Labute approximate surface area is 224 Å². The van der Waals surface area contributed by atoms with Gasteiger partial charge in [0.05, 0.1) is 7.11 Å². The summed E-state index contributed by atoms with van der Waals surface area (Å²) in [4.78, 5) is 6.41. The number of hydrogen-bond donors (Lipinski definition) is 1. The average molecular weight is 497 g/mol. The highest BCUT2D eigenvalue weighted by atomic mass is 16.5. The van der Waals surface area contributed by atoms with E-state index < -0.39 is 0 Å². The van der Waals surface area contributed by atoms with Gasteiger partial charge in [-0.3, -0.25) is 0 Å². The first-order valence-corrected chi connectivity index (χ1v) is 13.4. The van der Waals surface area contributed by atoms with Crippen LogP contribution in [0, 0.1) is 0 Å². The maximum atomic E-state index is 5.71. The van der Waals surface area contributed by atoms with Crippen LogP contribution in [-0.4, -0.2) is 12.1 Å². The van der Waals surface area contributed by atoms with Gasteiger partial charge in [0.15, 0.2) is 0 Å². The number of aromatic nitrogens is 1. The van der Waals surface area contributed by atoms with E-state index in [-0.39, 0.29) is 11.5 Å². The van der Waals surface area contributed by atoms with E-state index in [1.165, 1.54) is 61.4 Å². The van der Waals surface area contributed by atoms with E-state index in [2.05, 4.69) is 128 Å². The summed E-state index contributed by atoms with van der Waals surface area (Å²) in [5.74, 6) is 0.880. The van der Waals surface area contributed by atoms with E-state index in [9.17, 15) is 0 Å². The van der Waals surface area contributed by atoms with Crippen LogP contribution in [0.4, 0.5) is 5.69 Å². The number of methoxy groups -OCH3 is 1. The number of ether oxygens (including phenoxy) is 1. The minimum Gasteiger partial charge on any atom is -0.497 e. The van der Waals surface area contributed by atoms with Crippen LogP contribution in [0.3, 0.4) is 0 Å². The number of nitrogens with one attached hydrogen (secondary N) is 1. The molecule has 5 aromatic rings. The van der Waals surface area contributed by atoms with Crippen molar-refractivity contribution in [1.29, 1.82) is 0 Å². The Balaban J connectivity index is 1.54. The molecule has 188 valence electrons. The SMILES string of the molecule is COc1ccc2c(c1)C1c3[nH]c4ccccc4c3Cc3ccccc3N1C(c1ccc(C(C)(C)C)cc1)=C2. The van der Waals surface area contributed by atoms with E-state index in [0.29, 0.717) is 0 Å². The number of rotatable bonds is 2. The summed E-state index contributed by atoms with van der Waals surface area (Å²) in [6.45, 7) is 6.80. The van der Waals surface area contributed by atoms with Crippen molar-refractivity contribution in [3.63, 3.8) is 0 Å². The molecule has 0 saturated heterocycles. The van der Waals surface area contributed by atoms with Gasteiger partial charge >= 0.3 is 0 Å². The van der Waals surface area contributed by atoms with Crippen LogP contribution in [0.1, 0.15) is 65.9 Å². The highest BCUT2D eigenvalue weighted by molar-refractivity contribution is 5.97. The Hall–Kier alpha value is -4.24. The largest absolute Gasteiger partial charge is 0.497 e. The number of hydrogen-bond acceptors (Lipinski definition) is 2. The Kier molecular flexibility index (Phi) is 5.06. The van der Waals surface area contributed by atoms with Crippen LogP contribution in [0.5, 0.6) is 5.75 Å². The molecule has 3 heteroatoms. The van der Waals surface area contributed by atoms with Crippen LogP contribution in [0.2, 0.25) is 0 Å². The van der Waals surface area contributed by atoms with E-state index in [0.717, 1.165) is 12.2 Å². The van der Waals surface area contributed by atoms with Crippen LogP contribution < -0.4 is 9.64 Å². The van der Waals surface area contributed by atoms with Crippen molar-refractivity contribution in [2.24, 2.45) is 0 Å². The third-order valence-corrected chi connectivity index (χ3v) is 8.18. The molecule has 0 saturated carbocycles. The van der Waals surface area contributed by atoms with Crippen molar-refractivity contribution in [1.82, 2.24) is 4.98 Å². The third-order valence-electron chi connectivity index (χ3n) is 8.18. The van der Waals surface area contributed by atoms with Gasteiger partial charge in [-0.1, -0.05) is 87.5 Å². The molecule has 3 heterocycles. The molecule has 2 aliphatic heterocycles. The molecule has 4 aromatic carbocycles. The van der Waals surface area contributed by atoms with Crippen LogP contribution in [0.15, 0.2) is 91.0 Å². The van der Waals surface area contributed by atoms with Crippen molar-refractivity contribution in [3.05, 3.63) is 130 Å². The molecular weight excluding hydrogens is 464 g/mol. The number of aromatic amines is 1. The highest BCUT2D eigenvalue weighted by Gasteiger charge is 2.38. The van der Waals surface area contributed by atoms with E-state index in [4.69, 9.17) is 4.74 Å². The lowest BCUT2D eigenvalue weighted by Crippen LogP contribution is -2.31. The molecule has 1 aromatic heterocycles. The summed E-state index contributed by atoms with van der Waals surface area (Å²) in [6, 6.07) is 33.2. The molecule has 0 fully saturated rings. The maximum absolute atomic E-state index is 5.71. The van der Waals surface area contributed by atoms with Crippen molar-refractivity contribution >= 4 is 28.4 Å². The molecule has 7 rings (SSSR count). The molecule has 1 unspecified atom stereocenters. The molecule has 1 atom stereocenters. The minimum absolute atomic E-state index is 0.00607. The van der Waals surface area contributed by atoms with Crippen molar-refractivity contribution in [2.75, 3.05) is 12.0 Å². The van der Waals surface area contributed by atoms with Gasteiger partial charge < -0.3 is 14.6 Å². The fourth-order valence-electron chi connectivity index (χ4n) is 6.19. The summed E-state index contributed by atoms with van der Waals surface area (Å²) < 4.78 is 5.71. The van der Waals surface area contributed by atoms with E-state index >= 15 is 0 Å². The van der Waals surface area contributed by atoms with Gasteiger partial charge in [-0.15, -0.1) is 0 Å². The zero-order valence-corrected chi connectivity index (χ0v) is 22.4. The molecule has 2 aliphatic rings. The molecule has 0 radical (unpaired) electrons. The zero-order valence-electron chi connectivity index (χ0n) is 22.4. The van der Waals surface area contributed by atoms with Crippen molar-refractivity contribution in [3.8, 4) is 5.75 Å². The van der Waals surface area contributed by atoms with Gasteiger partial charge in [0.1, 0.15) is 11.8 Å². The van der Waals surface area contributed by atoms with Crippen LogP contribution in [-0.2, 0) is 11.8 Å². The Morgan fingerprint density at radius 2 is 1.63 bits per heavy atom. The monoisotopic (exact) mass is 496 g/mol. The predicted octanol–water partition coefficient (Wildman–Crippen LogP) is 8.49. The van der Waals surface area contributed by atoms with E-state index in [1.54, 1.807) is 7.11 Å². The molecule has 3 nitrogen and oxygen atoms in total. The summed E-state index contributed by atoms with van der Waals surface area (Å²) >= 11 is 0. The molecule has 0 bridgehead atoms. The lowest BCUT2D eigenvalue weighted by atomic mass is 9.85. The van der Waals surface area contributed by atoms with Gasteiger partial charge in [-0.25, -0.2) is 0 Å². The number of fused-ring (bicyclic) bond motifs is 9. The second kappa shape index (κ2) is 8.39. The van der Waals surface area contributed by atoms with Gasteiger partial charge in [0, 0.05) is 34.4 Å². The van der Waals surface area contributed by atoms with Crippen molar-refractivity contribution in [2.45, 2.75) is 38.6 Å². The summed E-state index contributed by atoms with van der Waals surface area (Å²) in [7, 11) is 1.75. The summed E-state index contributed by atoms with van der Waals surface area (Å²) in [5, 5.41) is 1.30. The Morgan fingerprint density at radius 1 is 0.868 bits per heavy atom. The summed E-state index contributed by atoms with van der Waals surface area (Å²) in [5.41, 5.74) is 12.8. The fourth-order valence-corrected chi connectivity index (χ4v) is 6.19. The lowest BCUT2D eigenvalue weighted by molar-refractivity contribution is 0.414. The first-order chi connectivity index (χ1) is 18.4. The van der Waals surface area contributed by atoms with Crippen molar-refractivity contribution < 1.29 is 4.74 Å². The minimum atomic E-state index is -0.00607. The molecule has 0 amide bonds. The number of anilines is 1. The average Bonchev–Trinajstić information content (AvgIpc) is 3.22. The van der Waals surface area contributed by atoms with Crippen LogP contribution >= 0.6 is 0 Å². The Bertz CT molecular complexity index is 1720. The first kappa shape index (κ1) is 22.9. The predicted molar refractivity (Wildman–Crippen MR) is 158 cm³/mol. The molecule has 1 N–H and O–H groups in total.